The maximum atomic E-state index is 2.46. The van der Waals surface area contributed by atoms with E-state index in [1.165, 1.54) is 47.9 Å². The molecular formula is C30H26In2. The van der Waals surface area contributed by atoms with E-state index in [1.54, 1.807) is 17.8 Å². The molecule has 0 aromatic heterocycles. The number of hydrogen-bond donors (Lipinski definition) is 0. The Bertz CT molecular complexity index is 1130. The third-order valence-corrected chi connectivity index (χ3v) is 18.3. The van der Waals surface area contributed by atoms with E-state index in [1.807, 2.05) is 0 Å². The van der Waals surface area contributed by atoms with Gasteiger partial charge >= 0.3 is 216 Å². The Labute approximate surface area is 214 Å². The zero-order chi connectivity index (χ0) is 21.3. The predicted octanol–water partition coefficient (Wildman–Crippen LogP) is 5.85. The van der Waals surface area contributed by atoms with Crippen molar-refractivity contribution in [2.45, 2.75) is 33.0 Å². The van der Waals surface area contributed by atoms with Crippen molar-refractivity contribution in [3.05, 3.63) is 108 Å². The number of benzene rings is 4. The van der Waals surface area contributed by atoms with Gasteiger partial charge in [0.1, 0.15) is 0 Å². The van der Waals surface area contributed by atoms with Gasteiger partial charge in [-0.3, -0.25) is 0 Å². The van der Waals surface area contributed by atoms with E-state index in [9.17, 15) is 0 Å². The average Bonchev–Trinajstić information content (AvgIpc) is 3.47. The van der Waals surface area contributed by atoms with Crippen molar-refractivity contribution in [1.29, 1.82) is 0 Å². The molecule has 0 aliphatic carbocycles. The Hall–Kier alpha value is -1.38. The number of fused-ring (bicyclic) bond motifs is 2. The number of rotatable bonds is 5. The van der Waals surface area contributed by atoms with E-state index in [4.69, 9.17) is 0 Å². The molecule has 2 aliphatic heterocycles. The van der Waals surface area contributed by atoms with Gasteiger partial charge in [0.15, 0.2) is 0 Å². The first-order valence-electron chi connectivity index (χ1n) is 11.9. The summed E-state index contributed by atoms with van der Waals surface area (Å²) in [5.74, 6) is 0. The maximum absolute atomic E-state index is 2.46. The summed E-state index contributed by atoms with van der Waals surface area (Å²) < 4.78 is 5.61. The first-order valence-corrected chi connectivity index (χ1v) is 19.0. The van der Waals surface area contributed by atoms with Gasteiger partial charge in [0, 0.05) is 0 Å². The Morgan fingerprint density at radius 3 is 1.38 bits per heavy atom. The molecule has 0 saturated carbocycles. The summed E-state index contributed by atoms with van der Waals surface area (Å²) in [7, 11) is 0. The van der Waals surface area contributed by atoms with Crippen LogP contribution in [-0.2, 0) is 12.8 Å². The second-order valence-electron chi connectivity index (χ2n) is 9.32. The second-order valence-corrected chi connectivity index (χ2v) is 20.2. The van der Waals surface area contributed by atoms with Crippen LogP contribution >= 0.6 is 0 Å². The van der Waals surface area contributed by atoms with Crippen molar-refractivity contribution >= 4 is 52.5 Å². The average molecular weight is 616 g/mol. The normalized spacial score (nSPS) is 18.5. The van der Waals surface area contributed by atoms with Gasteiger partial charge in [-0.05, 0) is 0 Å². The van der Waals surface area contributed by atoms with Crippen molar-refractivity contribution in [1.82, 2.24) is 0 Å². The first-order chi connectivity index (χ1) is 15.8. The van der Waals surface area contributed by atoms with Crippen LogP contribution in [0.2, 0.25) is 7.35 Å². The summed E-state index contributed by atoms with van der Waals surface area (Å²) in [6.07, 6.45) is 5.66. The molecule has 0 spiro atoms. The molecule has 152 valence electrons. The fourth-order valence-corrected chi connectivity index (χ4v) is 16.6. The van der Waals surface area contributed by atoms with Crippen molar-refractivity contribution in [3.63, 3.8) is 0 Å². The molecule has 2 radical (unpaired) electrons. The first kappa shape index (κ1) is 21.2. The summed E-state index contributed by atoms with van der Waals surface area (Å²) in [6, 6.07) is 36.3. The van der Waals surface area contributed by atoms with E-state index in [0.29, 0.717) is 0 Å². The van der Waals surface area contributed by atoms with Gasteiger partial charge in [-0.25, -0.2) is 0 Å². The molecule has 0 bridgehead atoms. The minimum atomic E-state index is -0.679. The third kappa shape index (κ3) is 4.26. The minimum absolute atomic E-state index is 0.679. The fourth-order valence-electron chi connectivity index (χ4n) is 5.70. The number of hydrogen-bond acceptors (Lipinski definition) is 0. The van der Waals surface area contributed by atoms with Crippen LogP contribution in [0.4, 0.5) is 0 Å². The van der Waals surface area contributed by atoms with E-state index >= 15 is 0 Å². The van der Waals surface area contributed by atoms with Crippen molar-refractivity contribution in [3.8, 4) is 22.3 Å². The molecule has 2 heterocycles. The quantitative estimate of drug-likeness (QED) is 0.264. The van der Waals surface area contributed by atoms with Crippen molar-refractivity contribution in [2.75, 3.05) is 0 Å². The van der Waals surface area contributed by atoms with Crippen LogP contribution in [0.15, 0.2) is 97.1 Å². The SMILES string of the molecule is c1ccc(-c2ccc[c]3c2C[CH](CC[CH]2Cc4[c](cccc4-c4ccccc4)[In]2)[In]3)cc1. The fraction of sp³-hybridized carbons (Fsp3) is 0.200. The molecule has 2 heteroatoms. The van der Waals surface area contributed by atoms with Crippen molar-refractivity contribution in [2.24, 2.45) is 0 Å². The van der Waals surface area contributed by atoms with Crippen LogP contribution in [0.5, 0.6) is 0 Å². The van der Waals surface area contributed by atoms with Gasteiger partial charge in [-0.2, -0.15) is 0 Å². The van der Waals surface area contributed by atoms with Crippen LogP contribution in [0.25, 0.3) is 22.3 Å². The molecule has 4 aromatic carbocycles. The van der Waals surface area contributed by atoms with E-state index in [2.05, 4.69) is 97.1 Å². The Kier molecular flexibility index (Phi) is 6.27. The van der Waals surface area contributed by atoms with E-state index in [-0.39, 0.29) is 0 Å². The summed E-state index contributed by atoms with van der Waals surface area (Å²) in [5.41, 5.74) is 9.23. The van der Waals surface area contributed by atoms with Gasteiger partial charge in [0.25, 0.3) is 0 Å². The van der Waals surface area contributed by atoms with E-state index in [0.717, 1.165) is 7.35 Å². The molecule has 0 fully saturated rings. The predicted molar refractivity (Wildman–Crippen MR) is 139 cm³/mol. The molecule has 0 nitrogen and oxygen atoms in total. The zero-order valence-corrected chi connectivity index (χ0v) is 25.0. The molecular weight excluding hydrogens is 590 g/mol. The third-order valence-electron chi connectivity index (χ3n) is 7.27. The van der Waals surface area contributed by atoms with Crippen LogP contribution in [-0.4, -0.2) is 45.8 Å². The van der Waals surface area contributed by atoms with E-state index < -0.39 is 45.8 Å². The topological polar surface area (TPSA) is 0 Å². The summed E-state index contributed by atoms with van der Waals surface area (Å²) in [5, 5.41) is 0. The molecule has 0 saturated heterocycles. The van der Waals surface area contributed by atoms with Gasteiger partial charge in [0.05, 0.1) is 0 Å². The molecule has 4 aromatic rings. The van der Waals surface area contributed by atoms with Crippen LogP contribution in [0, 0.1) is 0 Å². The monoisotopic (exact) mass is 616 g/mol. The van der Waals surface area contributed by atoms with Gasteiger partial charge in [0.2, 0.25) is 0 Å². The molecule has 0 N–H and O–H groups in total. The summed E-state index contributed by atoms with van der Waals surface area (Å²) in [6.45, 7) is 0. The Morgan fingerprint density at radius 2 is 0.938 bits per heavy atom. The van der Waals surface area contributed by atoms with Crippen LogP contribution in [0.3, 0.4) is 0 Å². The van der Waals surface area contributed by atoms with Crippen molar-refractivity contribution < 1.29 is 0 Å². The summed E-state index contributed by atoms with van der Waals surface area (Å²) in [4.78, 5) is 0. The van der Waals surface area contributed by atoms with Crippen LogP contribution in [0.1, 0.15) is 24.0 Å². The van der Waals surface area contributed by atoms with Gasteiger partial charge in [-0.15, -0.1) is 0 Å². The molecule has 32 heavy (non-hydrogen) atoms. The van der Waals surface area contributed by atoms with Gasteiger partial charge < -0.3 is 0 Å². The standard InChI is InChI=1S/C30H26.2In/c1(5-15-27-21-11-13-23-29(27)25-17-7-3-8-18-25)2-6-16-28-22-12-14-24-30(28)26-19-9-4-10-20-26;;/h3-14,17-20,23-24H,1-2,15-16H2;;. The Balaban J connectivity index is 1.14. The Morgan fingerprint density at radius 1 is 0.500 bits per heavy atom. The van der Waals surface area contributed by atoms with Crippen LogP contribution < -0.4 is 6.64 Å². The zero-order valence-electron chi connectivity index (χ0n) is 18.4. The summed E-state index contributed by atoms with van der Waals surface area (Å²) >= 11 is -1.36. The molecule has 2 unspecified atom stereocenters. The molecule has 0 amide bonds. The molecule has 2 atom stereocenters. The van der Waals surface area contributed by atoms with Gasteiger partial charge in [-0.1, -0.05) is 0 Å². The molecule has 6 rings (SSSR count). The molecule has 2 aliphatic rings. The second kappa shape index (κ2) is 9.47.